The highest BCUT2D eigenvalue weighted by Crippen LogP contribution is 2.41. The fraction of sp³-hybridized carbons (Fsp3) is 0.474. The van der Waals surface area contributed by atoms with E-state index in [2.05, 4.69) is 42.5 Å². The molecule has 0 aliphatic heterocycles. The minimum absolute atomic E-state index is 0.135. The number of hydrogen-bond acceptors (Lipinski definition) is 0. The summed E-state index contributed by atoms with van der Waals surface area (Å²) in [5.41, 5.74) is 2.67. The molecule has 1 aliphatic carbocycles. The van der Waals surface area contributed by atoms with E-state index in [4.69, 9.17) is 11.6 Å². The number of halogens is 2. The molecule has 0 spiro atoms. The van der Waals surface area contributed by atoms with Crippen LogP contribution in [0.25, 0.3) is 5.57 Å². The van der Waals surface area contributed by atoms with Gasteiger partial charge in [0.2, 0.25) is 0 Å². The molecule has 1 atom stereocenters. The van der Waals surface area contributed by atoms with E-state index in [1.54, 1.807) is 0 Å². The summed E-state index contributed by atoms with van der Waals surface area (Å²) in [5, 5.41) is 0. The maximum atomic E-state index is 12.6. The molecule has 1 unspecified atom stereocenters. The number of alkyl halides is 2. The third kappa shape index (κ3) is 4.71. The highest BCUT2D eigenvalue weighted by Gasteiger charge is 2.27. The van der Waals surface area contributed by atoms with Crippen molar-refractivity contribution in [2.24, 2.45) is 5.41 Å². The minimum atomic E-state index is -0.222. The molecule has 2 rings (SSSR count). The van der Waals surface area contributed by atoms with Crippen LogP contribution >= 0.6 is 11.6 Å². The van der Waals surface area contributed by atoms with E-state index in [0.29, 0.717) is 12.3 Å². The van der Waals surface area contributed by atoms with Crippen molar-refractivity contribution in [2.75, 3.05) is 12.6 Å². The Kier molecular flexibility index (Phi) is 6.50. The van der Waals surface area contributed by atoms with Crippen molar-refractivity contribution in [2.45, 2.75) is 38.5 Å². The first-order valence-electron chi connectivity index (χ1n) is 7.86. The second-order valence-electron chi connectivity index (χ2n) is 5.86. The van der Waals surface area contributed by atoms with Gasteiger partial charge in [-0.05, 0) is 48.7 Å². The zero-order chi connectivity index (χ0) is 15.0. The summed E-state index contributed by atoms with van der Waals surface area (Å²) < 4.78 is 12.6. The summed E-state index contributed by atoms with van der Waals surface area (Å²) in [6.45, 7) is -0.222. The second-order valence-corrected chi connectivity index (χ2v) is 6.24. The smallest absolute Gasteiger partial charge is 0.0894 e. The molecule has 2 heteroatoms. The number of rotatable bonds is 8. The third-order valence-electron chi connectivity index (χ3n) is 4.32. The number of unbranched alkanes of at least 4 members (excludes halogenated alkanes) is 1. The van der Waals surface area contributed by atoms with Gasteiger partial charge in [-0.3, -0.25) is 4.39 Å². The Morgan fingerprint density at radius 2 is 1.81 bits per heavy atom. The lowest BCUT2D eigenvalue weighted by atomic mass is 9.72. The second kappa shape index (κ2) is 8.38. The molecule has 1 aromatic carbocycles. The minimum Gasteiger partial charge on any atom is -0.251 e. The number of allylic oxidation sites excluding steroid dienone is 4. The van der Waals surface area contributed by atoms with Crippen LogP contribution in [0.4, 0.5) is 4.39 Å². The van der Waals surface area contributed by atoms with Gasteiger partial charge in [-0.15, -0.1) is 11.6 Å². The van der Waals surface area contributed by atoms with Crippen LogP contribution in [0.5, 0.6) is 0 Å². The van der Waals surface area contributed by atoms with Gasteiger partial charge in [0.1, 0.15) is 0 Å². The zero-order valence-corrected chi connectivity index (χ0v) is 13.3. The summed E-state index contributed by atoms with van der Waals surface area (Å²) in [4.78, 5) is 0. The third-order valence-corrected chi connectivity index (χ3v) is 4.59. The van der Waals surface area contributed by atoms with E-state index in [1.165, 1.54) is 11.1 Å². The van der Waals surface area contributed by atoms with Crippen LogP contribution in [0.15, 0.2) is 48.6 Å². The lowest BCUT2D eigenvalue weighted by Gasteiger charge is -2.32. The highest BCUT2D eigenvalue weighted by molar-refractivity contribution is 6.17. The van der Waals surface area contributed by atoms with E-state index in [9.17, 15) is 4.39 Å². The van der Waals surface area contributed by atoms with Crippen LogP contribution < -0.4 is 0 Å². The van der Waals surface area contributed by atoms with E-state index in [0.717, 1.165) is 32.1 Å². The SMILES string of the molecule is FCCCC1(CCCCCl)C=CC(c2ccccc2)=CC1. The van der Waals surface area contributed by atoms with Gasteiger partial charge in [0.15, 0.2) is 0 Å². The molecular weight excluding hydrogens is 283 g/mol. The summed E-state index contributed by atoms with van der Waals surface area (Å²) in [5.74, 6) is 0.716. The summed E-state index contributed by atoms with van der Waals surface area (Å²) >= 11 is 5.78. The first-order valence-corrected chi connectivity index (χ1v) is 8.40. The van der Waals surface area contributed by atoms with E-state index in [1.807, 2.05) is 6.07 Å². The van der Waals surface area contributed by atoms with Crippen molar-refractivity contribution in [1.82, 2.24) is 0 Å². The van der Waals surface area contributed by atoms with Crippen molar-refractivity contribution in [3.63, 3.8) is 0 Å². The Labute approximate surface area is 132 Å². The lowest BCUT2D eigenvalue weighted by Crippen LogP contribution is -2.20. The maximum absolute atomic E-state index is 12.6. The molecule has 0 fully saturated rings. The Balaban J connectivity index is 2.05. The van der Waals surface area contributed by atoms with Crippen LogP contribution in [0, 0.1) is 5.41 Å². The molecule has 0 nitrogen and oxygen atoms in total. The molecule has 0 bridgehead atoms. The molecule has 0 saturated carbocycles. The first kappa shape index (κ1) is 16.3. The average molecular weight is 307 g/mol. The first-order chi connectivity index (χ1) is 10.3. The zero-order valence-electron chi connectivity index (χ0n) is 12.5. The monoisotopic (exact) mass is 306 g/mol. The molecule has 0 amide bonds. The standard InChI is InChI=1S/C19H24ClF/c20-15-5-4-11-19(12-6-16-21)13-9-18(10-14-19)17-7-2-1-3-8-17/h1-3,7-10,13H,4-6,11-12,14-16H2. The number of benzene rings is 1. The van der Waals surface area contributed by atoms with Gasteiger partial charge in [-0.25, -0.2) is 0 Å². The molecule has 1 aromatic rings. The molecule has 0 saturated heterocycles. The van der Waals surface area contributed by atoms with Gasteiger partial charge in [0.25, 0.3) is 0 Å². The normalized spacial score (nSPS) is 21.3. The van der Waals surface area contributed by atoms with Crippen molar-refractivity contribution in [1.29, 1.82) is 0 Å². The van der Waals surface area contributed by atoms with Crippen molar-refractivity contribution in [3.05, 3.63) is 54.1 Å². The molecule has 0 heterocycles. The van der Waals surface area contributed by atoms with Gasteiger partial charge in [-0.2, -0.15) is 0 Å². The van der Waals surface area contributed by atoms with Crippen LogP contribution in [0.1, 0.15) is 44.1 Å². The van der Waals surface area contributed by atoms with Gasteiger partial charge >= 0.3 is 0 Å². The Morgan fingerprint density at radius 3 is 2.43 bits per heavy atom. The van der Waals surface area contributed by atoms with Gasteiger partial charge < -0.3 is 0 Å². The molecule has 0 radical (unpaired) electrons. The largest absolute Gasteiger partial charge is 0.251 e. The Morgan fingerprint density at radius 1 is 1.05 bits per heavy atom. The predicted octanol–water partition coefficient (Wildman–Crippen LogP) is 6.18. The highest BCUT2D eigenvalue weighted by atomic mass is 35.5. The van der Waals surface area contributed by atoms with E-state index >= 15 is 0 Å². The maximum Gasteiger partial charge on any atom is 0.0894 e. The van der Waals surface area contributed by atoms with Gasteiger partial charge in [0, 0.05) is 5.88 Å². The average Bonchev–Trinajstić information content (AvgIpc) is 2.55. The fourth-order valence-corrected chi connectivity index (χ4v) is 3.24. The molecule has 21 heavy (non-hydrogen) atoms. The molecule has 114 valence electrons. The molecular formula is C19H24ClF. The van der Waals surface area contributed by atoms with E-state index in [-0.39, 0.29) is 12.1 Å². The fourth-order valence-electron chi connectivity index (χ4n) is 3.05. The van der Waals surface area contributed by atoms with Crippen molar-refractivity contribution in [3.8, 4) is 0 Å². The molecule has 0 N–H and O–H groups in total. The van der Waals surface area contributed by atoms with Gasteiger partial charge in [-0.1, -0.05) is 55.0 Å². The topological polar surface area (TPSA) is 0 Å². The number of hydrogen-bond donors (Lipinski definition) is 0. The van der Waals surface area contributed by atoms with E-state index < -0.39 is 0 Å². The predicted molar refractivity (Wildman–Crippen MR) is 90.4 cm³/mol. The van der Waals surface area contributed by atoms with Crippen LogP contribution in [-0.2, 0) is 0 Å². The molecule has 0 aromatic heterocycles. The van der Waals surface area contributed by atoms with Crippen molar-refractivity contribution < 1.29 is 4.39 Å². The molecule has 1 aliphatic rings. The Hall–Kier alpha value is -1.08. The quantitative estimate of drug-likeness (QED) is 0.397. The summed E-state index contributed by atoms with van der Waals surface area (Å²) in [7, 11) is 0. The van der Waals surface area contributed by atoms with Crippen LogP contribution in [-0.4, -0.2) is 12.6 Å². The summed E-state index contributed by atoms with van der Waals surface area (Å²) in [6.07, 6.45) is 12.7. The lowest BCUT2D eigenvalue weighted by molar-refractivity contribution is 0.289. The van der Waals surface area contributed by atoms with Crippen molar-refractivity contribution >= 4 is 17.2 Å². The Bertz CT molecular complexity index is 478. The van der Waals surface area contributed by atoms with Crippen LogP contribution in [0.2, 0.25) is 0 Å². The summed E-state index contributed by atoms with van der Waals surface area (Å²) in [6, 6.07) is 10.4. The van der Waals surface area contributed by atoms with Crippen LogP contribution in [0.3, 0.4) is 0 Å². The van der Waals surface area contributed by atoms with Gasteiger partial charge in [0.05, 0.1) is 6.67 Å².